The molecular weight excluding hydrogens is 356 g/mol. The van der Waals surface area contributed by atoms with Crippen LogP contribution in [0, 0.1) is 5.82 Å². The van der Waals surface area contributed by atoms with Crippen molar-refractivity contribution in [3.63, 3.8) is 0 Å². The standard InChI is InChI=1S/C17H16Cl2FNOS/c18-14-6-5-12(9-15(14)19)11-23-8-7-21-17(22)10-13-3-1-2-4-16(13)20/h1-6,9H,7-8,10-11H2,(H,21,22). The van der Waals surface area contributed by atoms with Crippen LogP contribution in [0.1, 0.15) is 11.1 Å². The van der Waals surface area contributed by atoms with E-state index < -0.39 is 0 Å². The average Bonchev–Trinajstić information content (AvgIpc) is 2.53. The topological polar surface area (TPSA) is 29.1 Å². The van der Waals surface area contributed by atoms with Crippen LogP contribution >= 0.6 is 35.0 Å². The van der Waals surface area contributed by atoms with Crippen LogP contribution in [0.25, 0.3) is 0 Å². The molecule has 0 radical (unpaired) electrons. The van der Waals surface area contributed by atoms with Gasteiger partial charge >= 0.3 is 0 Å². The summed E-state index contributed by atoms with van der Waals surface area (Å²) < 4.78 is 13.4. The van der Waals surface area contributed by atoms with Gasteiger partial charge in [-0.3, -0.25) is 4.79 Å². The highest BCUT2D eigenvalue weighted by Crippen LogP contribution is 2.24. The first-order valence-corrected chi connectivity index (χ1v) is 8.99. The van der Waals surface area contributed by atoms with E-state index in [1.165, 1.54) is 6.07 Å². The maximum absolute atomic E-state index is 13.4. The highest BCUT2D eigenvalue weighted by molar-refractivity contribution is 7.98. The van der Waals surface area contributed by atoms with Crippen molar-refractivity contribution >= 4 is 40.9 Å². The van der Waals surface area contributed by atoms with Crippen LogP contribution in [0.3, 0.4) is 0 Å². The molecule has 0 aliphatic rings. The molecule has 0 saturated heterocycles. The summed E-state index contributed by atoms with van der Waals surface area (Å²) in [6.07, 6.45) is 0.0597. The highest BCUT2D eigenvalue weighted by atomic mass is 35.5. The van der Waals surface area contributed by atoms with E-state index in [2.05, 4.69) is 5.32 Å². The van der Waals surface area contributed by atoms with Gasteiger partial charge in [0, 0.05) is 18.1 Å². The second-order valence-electron chi connectivity index (χ2n) is 4.92. The Kier molecular flexibility index (Phi) is 7.21. The average molecular weight is 372 g/mol. The Morgan fingerprint density at radius 3 is 2.65 bits per heavy atom. The van der Waals surface area contributed by atoms with Gasteiger partial charge in [-0.1, -0.05) is 47.5 Å². The lowest BCUT2D eigenvalue weighted by molar-refractivity contribution is -0.120. The molecule has 2 aromatic carbocycles. The lowest BCUT2D eigenvalue weighted by Gasteiger charge is -2.07. The summed E-state index contributed by atoms with van der Waals surface area (Å²) >= 11 is 13.5. The van der Waals surface area contributed by atoms with Crippen LogP contribution in [0.15, 0.2) is 42.5 Å². The number of hydrogen-bond donors (Lipinski definition) is 1. The number of carbonyl (C=O) groups excluding carboxylic acids is 1. The number of halogens is 3. The molecule has 6 heteroatoms. The van der Waals surface area contributed by atoms with Gasteiger partial charge in [0.25, 0.3) is 0 Å². The van der Waals surface area contributed by atoms with Gasteiger partial charge in [-0.15, -0.1) is 0 Å². The molecule has 0 saturated carbocycles. The van der Waals surface area contributed by atoms with E-state index in [-0.39, 0.29) is 18.1 Å². The molecule has 0 spiro atoms. The molecule has 0 bridgehead atoms. The van der Waals surface area contributed by atoms with E-state index in [1.54, 1.807) is 36.0 Å². The quantitative estimate of drug-likeness (QED) is 0.713. The fraction of sp³-hybridized carbons (Fsp3) is 0.235. The third-order valence-corrected chi connectivity index (χ3v) is 4.90. The van der Waals surface area contributed by atoms with Crippen molar-refractivity contribution in [3.8, 4) is 0 Å². The van der Waals surface area contributed by atoms with E-state index in [0.717, 1.165) is 17.1 Å². The molecule has 0 atom stereocenters. The summed E-state index contributed by atoms with van der Waals surface area (Å²) in [6, 6.07) is 11.8. The molecule has 1 N–H and O–H groups in total. The lowest BCUT2D eigenvalue weighted by atomic mass is 10.1. The zero-order chi connectivity index (χ0) is 16.7. The van der Waals surface area contributed by atoms with Gasteiger partial charge in [0.2, 0.25) is 5.91 Å². The molecule has 2 rings (SSSR count). The van der Waals surface area contributed by atoms with E-state index >= 15 is 0 Å². The number of amides is 1. The molecule has 122 valence electrons. The largest absolute Gasteiger partial charge is 0.355 e. The van der Waals surface area contributed by atoms with E-state index in [1.807, 2.05) is 12.1 Å². The Morgan fingerprint density at radius 1 is 1.13 bits per heavy atom. The first-order chi connectivity index (χ1) is 11.1. The van der Waals surface area contributed by atoms with Crippen LogP contribution in [-0.2, 0) is 17.0 Å². The third-order valence-electron chi connectivity index (χ3n) is 3.13. The van der Waals surface area contributed by atoms with Gasteiger partial charge in [-0.05, 0) is 29.3 Å². The Balaban J connectivity index is 1.66. The molecule has 23 heavy (non-hydrogen) atoms. The SMILES string of the molecule is O=C(Cc1ccccc1F)NCCSCc1ccc(Cl)c(Cl)c1. The lowest BCUT2D eigenvalue weighted by Crippen LogP contribution is -2.27. The van der Waals surface area contributed by atoms with Crippen molar-refractivity contribution in [2.75, 3.05) is 12.3 Å². The Bertz CT molecular complexity index is 681. The van der Waals surface area contributed by atoms with Crippen LogP contribution in [-0.4, -0.2) is 18.2 Å². The molecule has 0 unspecified atom stereocenters. The van der Waals surface area contributed by atoms with Crippen molar-refractivity contribution in [3.05, 3.63) is 69.5 Å². The molecule has 0 aliphatic heterocycles. The number of nitrogens with one attached hydrogen (secondary N) is 1. The van der Waals surface area contributed by atoms with Crippen LogP contribution in [0.2, 0.25) is 10.0 Å². The van der Waals surface area contributed by atoms with Crippen molar-refractivity contribution in [1.29, 1.82) is 0 Å². The zero-order valence-electron chi connectivity index (χ0n) is 12.3. The van der Waals surface area contributed by atoms with E-state index in [9.17, 15) is 9.18 Å². The smallest absolute Gasteiger partial charge is 0.224 e. The zero-order valence-corrected chi connectivity index (χ0v) is 14.6. The predicted molar refractivity (Wildman–Crippen MR) is 95.7 cm³/mol. The van der Waals surface area contributed by atoms with Gasteiger partial charge in [0.05, 0.1) is 16.5 Å². The second kappa shape index (κ2) is 9.16. The predicted octanol–water partition coefficient (Wildman–Crippen LogP) is 4.72. The molecule has 0 fully saturated rings. The summed E-state index contributed by atoms with van der Waals surface area (Å²) in [5, 5.41) is 3.88. The Labute approximate surface area is 149 Å². The first kappa shape index (κ1) is 18.1. The van der Waals surface area contributed by atoms with Crippen LogP contribution in [0.5, 0.6) is 0 Å². The van der Waals surface area contributed by atoms with Crippen molar-refractivity contribution in [2.24, 2.45) is 0 Å². The summed E-state index contributed by atoms with van der Waals surface area (Å²) in [5.41, 5.74) is 1.50. The van der Waals surface area contributed by atoms with Crippen LogP contribution < -0.4 is 5.32 Å². The molecule has 0 aromatic heterocycles. The summed E-state index contributed by atoms with van der Waals surface area (Å²) in [5.74, 6) is 1.03. The third kappa shape index (κ3) is 6.05. The fourth-order valence-electron chi connectivity index (χ4n) is 1.96. The van der Waals surface area contributed by atoms with E-state index in [4.69, 9.17) is 23.2 Å². The number of thioether (sulfide) groups is 1. The fourth-order valence-corrected chi connectivity index (χ4v) is 3.09. The Morgan fingerprint density at radius 2 is 1.91 bits per heavy atom. The van der Waals surface area contributed by atoms with Crippen molar-refractivity contribution in [1.82, 2.24) is 5.32 Å². The number of benzene rings is 2. The van der Waals surface area contributed by atoms with Gasteiger partial charge in [-0.25, -0.2) is 4.39 Å². The number of rotatable bonds is 7. The molecule has 2 aromatic rings. The van der Waals surface area contributed by atoms with Gasteiger partial charge in [0.15, 0.2) is 0 Å². The monoisotopic (exact) mass is 371 g/mol. The minimum absolute atomic E-state index is 0.0597. The number of hydrogen-bond acceptors (Lipinski definition) is 2. The maximum atomic E-state index is 13.4. The first-order valence-electron chi connectivity index (χ1n) is 7.08. The number of carbonyl (C=O) groups is 1. The van der Waals surface area contributed by atoms with Crippen molar-refractivity contribution in [2.45, 2.75) is 12.2 Å². The van der Waals surface area contributed by atoms with Gasteiger partial charge in [0.1, 0.15) is 5.82 Å². The summed E-state index contributed by atoms with van der Waals surface area (Å²) in [7, 11) is 0. The Hall–Kier alpha value is -1.23. The normalized spacial score (nSPS) is 10.6. The molecule has 1 amide bonds. The minimum atomic E-state index is -0.350. The highest BCUT2D eigenvalue weighted by Gasteiger charge is 2.07. The van der Waals surface area contributed by atoms with Gasteiger partial charge < -0.3 is 5.32 Å². The minimum Gasteiger partial charge on any atom is -0.355 e. The molecule has 0 aliphatic carbocycles. The van der Waals surface area contributed by atoms with Crippen LogP contribution in [0.4, 0.5) is 4.39 Å². The second-order valence-corrected chi connectivity index (χ2v) is 6.84. The molecule has 0 heterocycles. The summed E-state index contributed by atoms with van der Waals surface area (Å²) in [4.78, 5) is 11.8. The van der Waals surface area contributed by atoms with Gasteiger partial charge in [-0.2, -0.15) is 11.8 Å². The van der Waals surface area contributed by atoms with Crippen molar-refractivity contribution < 1.29 is 9.18 Å². The maximum Gasteiger partial charge on any atom is 0.224 e. The molecule has 2 nitrogen and oxygen atoms in total. The molecular formula is C17H16Cl2FNOS. The summed E-state index contributed by atoms with van der Waals surface area (Å²) in [6.45, 7) is 0.541. The van der Waals surface area contributed by atoms with E-state index in [0.29, 0.717) is 22.2 Å².